The van der Waals surface area contributed by atoms with Crippen molar-refractivity contribution in [2.75, 3.05) is 12.3 Å². The van der Waals surface area contributed by atoms with Crippen molar-refractivity contribution in [3.8, 4) is 5.75 Å². The van der Waals surface area contributed by atoms with Gasteiger partial charge < -0.3 is 15.2 Å². The van der Waals surface area contributed by atoms with Crippen LogP contribution in [0, 0.1) is 0 Å². The fraction of sp³-hybridized carbons (Fsp3) is 0.188. The molecule has 4 nitrogen and oxygen atoms in total. The third-order valence-corrected chi connectivity index (χ3v) is 2.69. The highest BCUT2D eigenvalue weighted by atomic mass is 16.5. The van der Waals surface area contributed by atoms with Gasteiger partial charge in [-0.25, -0.2) is 4.79 Å². The van der Waals surface area contributed by atoms with E-state index in [4.69, 9.17) is 15.2 Å². The highest BCUT2D eigenvalue weighted by Crippen LogP contribution is 2.20. The highest BCUT2D eigenvalue weighted by Gasteiger charge is 2.10. The molecular weight excluding hydrogens is 254 g/mol. The molecule has 0 atom stereocenters. The Kier molecular flexibility index (Phi) is 4.60. The lowest BCUT2D eigenvalue weighted by atomic mass is 10.2. The van der Waals surface area contributed by atoms with Crippen LogP contribution in [-0.2, 0) is 11.3 Å². The maximum atomic E-state index is 12.0. The van der Waals surface area contributed by atoms with Gasteiger partial charge in [0.2, 0.25) is 0 Å². The first-order valence-electron chi connectivity index (χ1n) is 6.43. The Morgan fingerprint density at radius 3 is 2.60 bits per heavy atom. The molecule has 2 aromatic carbocycles. The molecule has 2 rings (SSSR count). The Labute approximate surface area is 118 Å². The molecular formula is C16H17NO3. The summed E-state index contributed by atoms with van der Waals surface area (Å²) in [4.78, 5) is 12.0. The molecule has 0 spiro atoms. The van der Waals surface area contributed by atoms with Crippen LogP contribution in [0.15, 0.2) is 48.5 Å². The van der Waals surface area contributed by atoms with Crippen molar-refractivity contribution in [3.63, 3.8) is 0 Å². The zero-order valence-corrected chi connectivity index (χ0v) is 11.3. The van der Waals surface area contributed by atoms with Crippen molar-refractivity contribution in [2.24, 2.45) is 0 Å². The molecule has 0 fully saturated rings. The number of esters is 1. The summed E-state index contributed by atoms with van der Waals surface area (Å²) >= 11 is 0. The number of nitrogen functional groups attached to an aromatic ring is 1. The van der Waals surface area contributed by atoms with E-state index in [-0.39, 0.29) is 6.61 Å². The summed E-state index contributed by atoms with van der Waals surface area (Å²) in [5.41, 5.74) is 7.55. The first-order valence-corrected chi connectivity index (χ1v) is 6.43. The van der Waals surface area contributed by atoms with Gasteiger partial charge in [0.25, 0.3) is 0 Å². The van der Waals surface area contributed by atoms with E-state index in [0.717, 1.165) is 5.56 Å². The van der Waals surface area contributed by atoms with Crippen LogP contribution in [0.5, 0.6) is 5.75 Å². The van der Waals surface area contributed by atoms with Gasteiger partial charge in [-0.3, -0.25) is 0 Å². The standard InChI is InChI=1S/C16H17NO3/c1-2-19-15-9-13(8-14(17)10-15)16(18)20-11-12-6-4-3-5-7-12/h3-10H,2,11,17H2,1H3. The van der Waals surface area contributed by atoms with Gasteiger partial charge in [0.05, 0.1) is 12.2 Å². The maximum Gasteiger partial charge on any atom is 0.338 e. The van der Waals surface area contributed by atoms with Crippen molar-refractivity contribution in [2.45, 2.75) is 13.5 Å². The molecule has 0 unspecified atom stereocenters. The van der Waals surface area contributed by atoms with Gasteiger partial charge in [-0.15, -0.1) is 0 Å². The molecule has 4 heteroatoms. The summed E-state index contributed by atoms with van der Waals surface area (Å²) in [7, 11) is 0. The van der Waals surface area contributed by atoms with E-state index in [2.05, 4.69) is 0 Å². The molecule has 0 aliphatic rings. The number of rotatable bonds is 5. The highest BCUT2D eigenvalue weighted by molar-refractivity contribution is 5.91. The van der Waals surface area contributed by atoms with Crippen LogP contribution in [0.25, 0.3) is 0 Å². The summed E-state index contributed by atoms with van der Waals surface area (Å²) in [6.45, 7) is 2.62. The average Bonchev–Trinajstić information content (AvgIpc) is 2.45. The monoisotopic (exact) mass is 271 g/mol. The average molecular weight is 271 g/mol. The van der Waals surface area contributed by atoms with Gasteiger partial charge in [0.1, 0.15) is 12.4 Å². The number of benzene rings is 2. The molecule has 2 aromatic rings. The first kappa shape index (κ1) is 13.9. The van der Waals surface area contributed by atoms with E-state index in [1.165, 1.54) is 0 Å². The summed E-state index contributed by atoms with van der Waals surface area (Å²) in [5, 5.41) is 0. The summed E-state index contributed by atoms with van der Waals surface area (Å²) in [5.74, 6) is 0.154. The second-order valence-electron chi connectivity index (χ2n) is 4.29. The van der Waals surface area contributed by atoms with Crippen LogP contribution in [0.1, 0.15) is 22.8 Å². The molecule has 0 amide bonds. The topological polar surface area (TPSA) is 61.5 Å². The Bertz CT molecular complexity index is 582. The first-order chi connectivity index (χ1) is 9.69. The predicted octanol–water partition coefficient (Wildman–Crippen LogP) is 3.02. The van der Waals surface area contributed by atoms with Crippen molar-refractivity contribution in [1.82, 2.24) is 0 Å². The minimum atomic E-state index is -0.415. The summed E-state index contributed by atoms with van der Waals surface area (Å²) in [6, 6.07) is 14.4. The molecule has 0 aliphatic carbocycles. The van der Waals surface area contributed by atoms with E-state index < -0.39 is 5.97 Å². The lowest BCUT2D eigenvalue weighted by Gasteiger charge is -2.08. The van der Waals surface area contributed by atoms with Gasteiger partial charge in [0, 0.05) is 11.8 Å². The Morgan fingerprint density at radius 1 is 1.15 bits per heavy atom. The zero-order valence-electron chi connectivity index (χ0n) is 11.3. The van der Waals surface area contributed by atoms with Crippen LogP contribution < -0.4 is 10.5 Å². The van der Waals surface area contributed by atoms with Gasteiger partial charge >= 0.3 is 5.97 Å². The summed E-state index contributed by atoms with van der Waals surface area (Å²) in [6.07, 6.45) is 0. The molecule has 0 aliphatic heterocycles. The van der Waals surface area contributed by atoms with Crippen LogP contribution in [0.4, 0.5) is 5.69 Å². The Balaban J connectivity index is 2.05. The van der Waals surface area contributed by atoms with E-state index in [9.17, 15) is 4.79 Å². The van der Waals surface area contributed by atoms with Crippen molar-refractivity contribution in [3.05, 3.63) is 59.7 Å². The van der Waals surface area contributed by atoms with Gasteiger partial charge in [0.15, 0.2) is 0 Å². The maximum absolute atomic E-state index is 12.0. The summed E-state index contributed by atoms with van der Waals surface area (Å²) < 4.78 is 10.6. The normalized spacial score (nSPS) is 10.1. The van der Waals surface area contributed by atoms with Crippen LogP contribution in [0.3, 0.4) is 0 Å². The lowest BCUT2D eigenvalue weighted by Crippen LogP contribution is -2.06. The van der Waals surface area contributed by atoms with E-state index >= 15 is 0 Å². The second kappa shape index (κ2) is 6.61. The van der Waals surface area contributed by atoms with Crippen molar-refractivity contribution in [1.29, 1.82) is 0 Å². The zero-order chi connectivity index (χ0) is 14.4. The molecule has 0 aromatic heterocycles. The van der Waals surface area contributed by atoms with Crippen molar-refractivity contribution >= 4 is 11.7 Å². The van der Waals surface area contributed by atoms with Gasteiger partial charge in [-0.2, -0.15) is 0 Å². The molecule has 0 bridgehead atoms. The Hall–Kier alpha value is -2.49. The SMILES string of the molecule is CCOc1cc(N)cc(C(=O)OCc2ccccc2)c1. The largest absolute Gasteiger partial charge is 0.494 e. The molecule has 0 radical (unpaired) electrons. The lowest BCUT2D eigenvalue weighted by molar-refractivity contribution is 0.0472. The quantitative estimate of drug-likeness (QED) is 0.670. The number of hydrogen-bond donors (Lipinski definition) is 1. The molecule has 104 valence electrons. The van der Waals surface area contributed by atoms with E-state index in [0.29, 0.717) is 23.6 Å². The second-order valence-corrected chi connectivity index (χ2v) is 4.29. The fourth-order valence-corrected chi connectivity index (χ4v) is 1.80. The number of anilines is 1. The minimum absolute atomic E-state index is 0.235. The Morgan fingerprint density at radius 2 is 1.90 bits per heavy atom. The van der Waals surface area contributed by atoms with Crippen LogP contribution in [-0.4, -0.2) is 12.6 Å². The van der Waals surface area contributed by atoms with Crippen LogP contribution in [0.2, 0.25) is 0 Å². The molecule has 0 saturated carbocycles. The molecule has 0 heterocycles. The van der Waals surface area contributed by atoms with Crippen LogP contribution >= 0.6 is 0 Å². The third kappa shape index (κ3) is 3.75. The smallest absolute Gasteiger partial charge is 0.338 e. The fourth-order valence-electron chi connectivity index (χ4n) is 1.80. The third-order valence-electron chi connectivity index (χ3n) is 2.69. The number of hydrogen-bond acceptors (Lipinski definition) is 4. The number of carbonyl (C=O) groups excluding carboxylic acids is 1. The van der Waals surface area contributed by atoms with Gasteiger partial charge in [-0.05, 0) is 24.6 Å². The molecule has 2 N–H and O–H groups in total. The number of ether oxygens (including phenoxy) is 2. The van der Waals surface area contributed by atoms with Crippen molar-refractivity contribution < 1.29 is 14.3 Å². The molecule has 0 saturated heterocycles. The molecule has 20 heavy (non-hydrogen) atoms. The number of carbonyl (C=O) groups is 1. The number of nitrogens with two attached hydrogens (primary N) is 1. The predicted molar refractivity (Wildman–Crippen MR) is 77.6 cm³/mol. The minimum Gasteiger partial charge on any atom is -0.494 e. The van der Waals surface area contributed by atoms with Gasteiger partial charge in [-0.1, -0.05) is 30.3 Å². The van der Waals surface area contributed by atoms with E-state index in [1.807, 2.05) is 37.3 Å². The van der Waals surface area contributed by atoms with E-state index in [1.54, 1.807) is 18.2 Å².